The van der Waals surface area contributed by atoms with Crippen LogP contribution >= 0.6 is 0 Å². The Bertz CT molecular complexity index is 1030. The number of halogens is 1. The van der Waals surface area contributed by atoms with Crippen LogP contribution in [0.15, 0.2) is 36.7 Å². The second kappa shape index (κ2) is 7.99. The number of carbonyl (C=O) groups is 1. The molecule has 1 N–H and O–H groups in total. The van der Waals surface area contributed by atoms with Gasteiger partial charge in [0, 0.05) is 13.0 Å². The number of nitrogens with zero attached hydrogens (tertiary/aromatic N) is 5. The highest BCUT2D eigenvalue weighted by molar-refractivity contribution is 5.91. The normalized spacial score (nSPS) is 10.8. The first-order valence-corrected chi connectivity index (χ1v) is 8.58. The van der Waals surface area contributed by atoms with Gasteiger partial charge in [0.25, 0.3) is 0 Å². The zero-order valence-corrected chi connectivity index (χ0v) is 15.4. The molecule has 0 radical (unpaired) electrons. The number of benzene rings is 1. The van der Waals surface area contributed by atoms with Crippen LogP contribution in [0.2, 0.25) is 0 Å². The number of hydrogen-bond acceptors (Lipinski definition) is 5. The maximum Gasteiger partial charge on any atom is 0.306 e. The molecular formula is C18H19FN6O3. The quantitative estimate of drug-likeness (QED) is 0.496. The summed E-state index contributed by atoms with van der Waals surface area (Å²) in [6.07, 6.45) is 2.52. The van der Waals surface area contributed by atoms with Gasteiger partial charge in [0.05, 0.1) is 28.5 Å². The van der Waals surface area contributed by atoms with Crippen LogP contribution in [-0.4, -0.2) is 30.4 Å². The largest absolute Gasteiger partial charge is 0.323 e. The fraction of sp³-hybridized carbons (Fsp3) is 0.278. The summed E-state index contributed by atoms with van der Waals surface area (Å²) in [6.45, 7) is 4.21. The first-order valence-electron chi connectivity index (χ1n) is 8.58. The van der Waals surface area contributed by atoms with Crippen LogP contribution in [0.4, 0.5) is 15.8 Å². The molecule has 10 heteroatoms. The minimum atomic E-state index is -0.538. The van der Waals surface area contributed by atoms with Crippen molar-refractivity contribution in [1.82, 2.24) is 19.6 Å². The minimum Gasteiger partial charge on any atom is -0.323 e. The second-order valence-electron chi connectivity index (χ2n) is 6.35. The van der Waals surface area contributed by atoms with Crippen molar-refractivity contribution >= 4 is 17.3 Å². The van der Waals surface area contributed by atoms with E-state index in [9.17, 15) is 19.3 Å². The molecule has 0 aliphatic heterocycles. The number of nitro groups is 1. The highest BCUT2D eigenvalue weighted by Crippen LogP contribution is 2.21. The number of anilines is 1. The molecule has 0 saturated heterocycles. The average molecular weight is 386 g/mol. The molecule has 2 aromatic heterocycles. The first kappa shape index (κ1) is 19.2. The lowest BCUT2D eigenvalue weighted by molar-refractivity contribution is -0.385. The second-order valence-corrected chi connectivity index (χ2v) is 6.35. The van der Waals surface area contributed by atoms with Crippen LogP contribution in [0.25, 0.3) is 0 Å². The van der Waals surface area contributed by atoms with Gasteiger partial charge in [-0.3, -0.25) is 24.3 Å². The summed E-state index contributed by atoms with van der Waals surface area (Å²) >= 11 is 0. The summed E-state index contributed by atoms with van der Waals surface area (Å²) in [5.74, 6) is -0.568. The molecule has 146 valence electrons. The van der Waals surface area contributed by atoms with E-state index in [4.69, 9.17) is 0 Å². The van der Waals surface area contributed by atoms with Crippen LogP contribution in [-0.2, 0) is 17.9 Å². The lowest BCUT2D eigenvalue weighted by atomic mass is 10.2. The molecule has 0 aliphatic carbocycles. The molecule has 0 aliphatic rings. The van der Waals surface area contributed by atoms with E-state index in [1.807, 2.05) is 6.92 Å². The smallest absolute Gasteiger partial charge is 0.306 e. The lowest BCUT2D eigenvalue weighted by Crippen LogP contribution is -2.16. The summed E-state index contributed by atoms with van der Waals surface area (Å²) < 4.78 is 16.4. The number of aromatic nitrogens is 4. The van der Waals surface area contributed by atoms with Gasteiger partial charge >= 0.3 is 5.69 Å². The number of aryl methyl sites for hydroxylation is 2. The third-order valence-corrected chi connectivity index (χ3v) is 4.27. The molecule has 9 nitrogen and oxygen atoms in total. The standard InChI is InChI=1S/C18H19FN6O3/c1-12-18(13(2)24(22-12)10-14-4-3-5-15(19)8-14)21-17(26)6-7-23-11-16(9-20-23)25(27)28/h3-5,8-9,11H,6-7,10H2,1-2H3,(H,21,26). The van der Waals surface area contributed by atoms with E-state index in [1.54, 1.807) is 23.7 Å². The van der Waals surface area contributed by atoms with Crippen molar-refractivity contribution in [2.75, 3.05) is 5.32 Å². The van der Waals surface area contributed by atoms with Crippen LogP contribution in [0, 0.1) is 29.8 Å². The Morgan fingerprint density at radius 1 is 1.36 bits per heavy atom. The minimum absolute atomic E-state index is 0.104. The highest BCUT2D eigenvalue weighted by atomic mass is 19.1. The molecule has 0 unspecified atom stereocenters. The third-order valence-electron chi connectivity index (χ3n) is 4.27. The number of amides is 1. The summed E-state index contributed by atoms with van der Waals surface area (Å²) in [6, 6.07) is 6.27. The molecule has 0 spiro atoms. The van der Waals surface area contributed by atoms with E-state index in [1.165, 1.54) is 23.0 Å². The molecule has 2 heterocycles. The van der Waals surface area contributed by atoms with Crippen molar-refractivity contribution in [3.8, 4) is 0 Å². The zero-order valence-electron chi connectivity index (χ0n) is 15.4. The Kier molecular flexibility index (Phi) is 5.48. The summed E-state index contributed by atoms with van der Waals surface area (Å²) in [7, 11) is 0. The first-order chi connectivity index (χ1) is 13.3. The molecule has 1 aromatic carbocycles. The summed E-state index contributed by atoms with van der Waals surface area (Å²) in [5.41, 5.74) is 2.66. The van der Waals surface area contributed by atoms with Crippen LogP contribution in [0.3, 0.4) is 0 Å². The lowest BCUT2D eigenvalue weighted by Gasteiger charge is -2.07. The van der Waals surface area contributed by atoms with E-state index in [2.05, 4.69) is 15.5 Å². The van der Waals surface area contributed by atoms with Crippen LogP contribution in [0.5, 0.6) is 0 Å². The van der Waals surface area contributed by atoms with E-state index < -0.39 is 4.92 Å². The molecule has 3 rings (SSSR count). The van der Waals surface area contributed by atoms with E-state index in [0.29, 0.717) is 17.9 Å². The Morgan fingerprint density at radius 3 is 2.82 bits per heavy atom. The monoisotopic (exact) mass is 386 g/mol. The number of carbonyl (C=O) groups excluding carboxylic acids is 1. The Hall–Kier alpha value is -3.56. The maximum atomic E-state index is 13.4. The van der Waals surface area contributed by atoms with Gasteiger partial charge < -0.3 is 5.32 Å². The fourth-order valence-electron chi connectivity index (χ4n) is 2.83. The van der Waals surface area contributed by atoms with Crippen LogP contribution in [0.1, 0.15) is 23.4 Å². The number of nitrogens with one attached hydrogen (secondary N) is 1. The van der Waals surface area contributed by atoms with Gasteiger partial charge in [-0.1, -0.05) is 12.1 Å². The molecule has 28 heavy (non-hydrogen) atoms. The SMILES string of the molecule is Cc1nn(Cc2cccc(F)c2)c(C)c1NC(=O)CCn1cc([N+](=O)[O-])cn1. The van der Waals surface area contributed by atoms with E-state index in [-0.39, 0.29) is 30.4 Å². The fourth-order valence-corrected chi connectivity index (χ4v) is 2.83. The molecule has 0 fully saturated rings. The van der Waals surface area contributed by atoms with Crippen molar-refractivity contribution < 1.29 is 14.1 Å². The Morgan fingerprint density at radius 2 is 2.14 bits per heavy atom. The maximum absolute atomic E-state index is 13.4. The highest BCUT2D eigenvalue weighted by Gasteiger charge is 2.15. The van der Waals surface area contributed by atoms with Gasteiger partial charge in [-0.25, -0.2) is 4.39 Å². The van der Waals surface area contributed by atoms with Crippen molar-refractivity contribution in [1.29, 1.82) is 0 Å². The molecule has 0 atom stereocenters. The van der Waals surface area contributed by atoms with Crippen molar-refractivity contribution in [3.63, 3.8) is 0 Å². The number of hydrogen-bond donors (Lipinski definition) is 1. The molecule has 3 aromatic rings. The van der Waals surface area contributed by atoms with Gasteiger partial charge in [0.1, 0.15) is 18.2 Å². The van der Waals surface area contributed by atoms with Gasteiger partial charge in [-0.05, 0) is 31.5 Å². The number of rotatable bonds is 7. The van der Waals surface area contributed by atoms with Gasteiger partial charge in [0.2, 0.25) is 5.91 Å². The Labute approximate surface area is 159 Å². The molecule has 0 saturated carbocycles. The van der Waals surface area contributed by atoms with Gasteiger partial charge in [0.15, 0.2) is 0 Å². The molecule has 0 bridgehead atoms. The molecular weight excluding hydrogens is 367 g/mol. The van der Waals surface area contributed by atoms with Crippen molar-refractivity contribution in [2.24, 2.45) is 0 Å². The Balaban J connectivity index is 1.64. The zero-order chi connectivity index (χ0) is 20.3. The van der Waals surface area contributed by atoms with Crippen molar-refractivity contribution in [3.05, 3.63) is 69.5 Å². The average Bonchev–Trinajstić information content (AvgIpc) is 3.21. The summed E-state index contributed by atoms with van der Waals surface area (Å²) in [5, 5.41) is 21.8. The molecule has 1 amide bonds. The van der Waals surface area contributed by atoms with Gasteiger partial charge in [-0.2, -0.15) is 10.2 Å². The summed E-state index contributed by atoms with van der Waals surface area (Å²) in [4.78, 5) is 22.4. The van der Waals surface area contributed by atoms with E-state index >= 15 is 0 Å². The third kappa shape index (κ3) is 4.40. The predicted octanol–water partition coefficient (Wildman–Crippen LogP) is 2.82. The van der Waals surface area contributed by atoms with Crippen LogP contribution < -0.4 is 5.32 Å². The van der Waals surface area contributed by atoms with E-state index in [0.717, 1.165) is 17.5 Å². The van der Waals surface area contributed by atoms with Crippen molar-refractivity contribution in [2.45, 2.75) is 33.4 Å². The predicted molar refractivity (Wildman–Crippen MR) is 99.3 cm³/mol. The topological polar surface area (TPSA) is 108 Å². The van der Waals surface area contributed by atoms with Gasteiger partial charge in [-0.15, -0.1) is 0 Å².